The minimum absolute atomic E-state index is 0.123. The molecule has 1 rings (SSSR count). The van der Waals surface area contributed by atoms with Gasteiger partial charge in [0.1, 0.15) is 5.76 Å². The maximum atomic E-state index is 11.8. The summed E-state index contributed by atoms with van der Waals surface area (Å²) in [5.74, 6) is 0.434. The van der Waals surface area contributed by atoms with Gasteiger partial charge >= 0.3 is 0 Å². The molecule has 0 saturated heterocycles. The predicted molar refractivity (Wildman–Crippen MR) is 62.9 cm³/mol. The van der Waals surface area contributed by atoms with E-state index in [9.17, 15) is 8.42 Å². The van der Waals surface area contributed by atoms with Crippen LogP contribution in [0.25, 0.3) is 0 Å². The summed E-state index contributed by atoms with van der Waals surface area (Å²) in [6.45, 7) is 4.56. The molecule has 1 atom stereocenters. The van der Waals surface area contributed by atoms with Gasteiger partial charge in [-0.1, -0.05) is 0 Å². The zero-order valence-corrected chi connectivity index (χ0v) is 10.8. The molecule has 0 radical (unpaired) electrons. The van der Waals surface area contributed by atoms with Crippen LogP contribution in [-0.4, -0.2) is 27.7 Å². The van der Waals surface area contributed by atoms with Gasteiger partial charge in [0, 0.05) is 13.2 Å². The highest BCUT2D eigenvalue weighted by molar-refractivity contribution is 7.89. The highest BCUT2D eigenvalue weighted by atomic mass is 32.2. The normalized spacial score (nSPS) is 13.8. The monoisotopic (exact) mass is 262 g/mol. The minimum atomic E-state index is -3.62. The Balaban J connectivity index is 2.62. The molecular formula is C10H18N2O4S. The molecule has 0 aliphatic rings. The second-order valence-corrected chi connectivity index (χ2v) is 5.24. The van der Waals surface area contributed by atoms with E-state index in [4.69, 9.17) is 14.9 Å². The molecule has 98 valence electrons. The van der Waals surface area contributed by atoms with Gasteiger partial charge in [0.15, 0.2) is 0 Å². The summed E-state index contributed by atoms with van der Waals surface area (Å²) in [5, 5.41) is -0.123. The van der Waals surface area contributed by atoms with Crippen LogP contribution in [0.5, 0.6) is 0 Å². The van der Waals surface area contributed by atoms with Crippen molar-refractivity contribution in [3.8, 4) is 0 Å². The van der Waals surface area contributed by atoms with Gasteiger partial charge in [-0.15, -0.1) is 0 Å². The summed E-state index contributed by atoms with van der Waals surface area (Å²) in [7, 11) is -3.62. The maximum Gasteiger partial charge on any atom is 0.274 e. The highest BCUT2D eigenvalue weighted by Crippen LogP contribution is 2.13. The van der Waals surface area contributed by atoms with Gasteiger partial charge in [0.25, 0.3) is 10.0 Å². The van der Waals surface area contributed by atoms with E-state index in [1.165, 1.54) is 6.07 Å². The fourth-order valence-electron chi connectivity index (χ4n) is 1.25. The van der Waals surface area contributed by atoms with Gasteiger partial charge in [0.05, 0.1) is 12.6 Å². The third-order valence-electron chi connectivity index (χ3n) is 2.12. The van der Waals surface area contributed by atoms with Crippen LogP contribution < -0.4 is 10.5 Å². The van der Waals surface area contributed by atoms with E-state index in [1.807, 2.05) is 6.92 Å². The van der Waals surface area contributed by atoms with Crippen molar-refractivity contribution in [2.45, 2.75) is 31.6 Å². The smallest absolute Gasteiger partial charge is 0.274 e. The fourth-order valence-corrected chi connectivity index (χ4v) is 2.31. The van der Waals surface area contributed by atoms with E-state index in [1.54, 1.807) is 13.0 Å². The molecule has 1 aromatic heterocycles. The summed E-state index contributed by atoms with van der Waals surface area (Å²) in [4.78, 5) is 0. The van der Waals surface area contributed by atoms with Crippen molar-refractivity contribution in [3.63, 3.8) is 0 Å². The third kappa shape index (κ3) is 4.12. The van der Waals surface area contributed by atoms with E-state index in [2.05, 4.69) is 4.72 Å². The average Bonchev–Trinajstić information content (AvgIpc) is 2.76. The van der Waals surface area contributed by atoms with Crippen molar-refractivity contribution in [1.29, 1.82) is 0 Å². The van der Waals surface area contributed by atoms with Crippen LogP contribution in [0.2, 0.25) is 0 Å². The van der Waals surface area contributed by atoms with Crippen LogP contribution in [-0.2, 0) is 21.3 Å². The molecule has 0 fully saturated rings. The highest BCUT2D eigenvalue weighted by Gasteiger charge is 2.19. The van der Waals surface area contributed by atoms with Crippen molar-refractivity contribution >= 4 is 10.0 Å². The Labute approximate surface area is 101 Å². The van der Waals surface area contributed by atoms with Crippen LogP contribution in [0.3, 0.4) is 0 Å². The largest absolute Gasteiger partial charge is 0.447 e. The quantitative estimate of drug-likeness (QED) is 0.743. The first-order valence-electron chi connectivity index (χ1n) is 5.39. The zero-order chi connectivity index (χ0) is 12.9. The summed E-state index contributed by atoms with van der Waals surface area (Å²) < 4.78 is 36.2. The van der Waals surface area contributed by atoms with Crippen LogP contribution in [0.4, 0.5) is 0 Å². The number of nitrogens with two attached hydrogens (primary N) is 1. The summed E-state index contributed by atoms with van der Waals surface area (Å²) in [5.41, 5.74) is 5.34. The topological polar surface area (TPSA) is 94.6 Å². The number of hydrogen-bond acceptors (Lipinski definition) is 5. The van der Waals surface area contributed by atoms with Gasteiger partial charge < -0.3 is 14.9 Å². The van der Waals surface area contributed by atoms with E-state index in [0.29, 0.717) is 12.4 Å². The number of hydrogen-bond donors (Lipinski definition) is 2. The molecule has 1 heterocycles. The Morgan fingerprint density at radius 1 is 1.53 bits per heavy atom. The summed E-state index contributed by atoms with van der Waals surface area (Å²) in [6, 6.07) is 2.93. The molecule has 0 aliphatic heterocycles. The van der Waals surface area contributed by atoms with Gasteiger partial charge in [-0.3, -0.25) is 0 Å². The zero-order valence-electron chi connectivity index (χ0n) is 9.97. The Morgan fingerprint density at radius 3 is 2.76 bits per heavy atom. The minimum Gasteiger partial charge on any atom is -0.447 e. The Morgan fingerprint density at radius 2 is 2.24 bits per heavy atom. The number of nitrogens with one attached hydrogen (secondary N) is 1. The van der Waals surface area contributed by atoms with Crippen molar-refractivity contribution < 1.29 is 17.6 Å². The first kappa shape index (κ1) is 14.2. The molecule has 1 unspecified atom stereocenters. The lowest BCUT2D eigenvalue weighted by Gasteiger charge is -2.11. The Kier molecular flexibility index (Phi) is 5.13. The van der Waals surface area contributed by atoms with E-state index in [0.717, 1.165) is 0 Å². The lowest BCUT2D eigenvalue weighted by Crippen LogP contribution is -2.32. The van der Waals surface area contributed by atoms with Gasteiger partial charge in [-0.2, -0.15) is 0 Å². The Bertz CT molecular complexity index is 441. The first-order valence-corrected chi connectivity index (χ1v) is 6.88. The number of sulfonamides is 1. The molecular weight excluding hydrogens is 244 g/mol. The first-order chi connectivity index (χ1) is 7.99. The molecule has 17 heavy (non-hydrogen) atoms. The number of ether oxygens (including phenoxy) is 1. The molecule has 7 heteroatoms. The summed E-state index contributed by atoms with van der Waals surface area (Å²) >= 11 is 0. The molecule has 0 saturated carbocycles. The average molecular weight is 262 g/mol. The number of furan rings is 1. The van der Waals surface area contributed by atoms with Gasteiger partial charge in [-0.05, 0) is 26.0 Å². The van der Waals surface area contributed by atoms with Crippen LogP contribution in [0.15, 0.2) is 21.6 Å². The lowest BCUT2D eigenvalue weighted by molar-refractivity contribution is 0.0799. The standard InChI is InChI=1S/C10H18N2O4S/c1-3-15-8(2)7-12-17(13,14)10-5-4-9(6-11)16-10/h4-5,8,12H,3,6-7,11H2,1-2H3. The summed E-state index contributed by atoms with van der Waals surface area (Å²) in [6.07, 6.45) is -0.182. The number of rotatable bonds is 7. The molecule has 6 nitrogen and oxygen atoms in total. The lowest BCUT2D eigenvalue weighted by atomic mass is 10.4. The maximum absolute atomic E-state index is 11.8. The molecule has 3 N–H and O–H groups in total. The SMILES string of the molecule is CCOC(C)CNS(=O)(=O)c1ccc(CN)o1. The predicted octanol–water partition coefficient (Wildman–Crippen LogP) is 0.442. The van der Waals surface area contributed by atoms with Gasteiger partial charge in [-0.25, -0.2) is 13.1 Å². The molecule has 0 aromatic carbocycles. The van der Waals surface area contributed by atoms with Crippen molar-refractivity contribution in [1.82, 2.24) is 4.72 Å². The van der Waals surface area contributed by atoms with Crippen LogP contribution >= 0.6 is 0 Å². The molecule has 0 amide bonds. The van der Waals surface area contributed by atoms with Crippen molar-refractivity contribution in [2.24, 2.45) is 5.73 Å². The second kappa shape index (κ2) is 6.15. The van der Waals surface area contributed by atoms with E-state index < -0.39 is 10.0 Å². The Hall–Kier alpha value is -0.890. The van der Waals surface area contributed by atoms with E-state index >= 15 is 0 Å². The molecule has 1 aromatic rings. The molecule has 0 bridgehead atoms. The molecule has 0 spiro atoms. The fraction of sp³-hybridized carbons (Fsp3) is 0.600. The van der Waals surface area contributed by atoms with Crippen LogP contribution in [0, 0.1) is 0 Å². The second-order valence-electron chi connectivity index (χ2n) is 3.54. The van der Waals surface area contributed by atoms with Crippen LogP contribution in [0.1, 0.15) is 19.6 Å². The third-order valence-corrected chi connectivity index (χ3v) is 3.41. The molecule has 0 aliphatic carbocycles. The van der Waals surface area contributed by atoms with Crippen molar-refractivity contribution in [2.75, 3.05) is 13.2 Å². The van der Waals surface area contributed by atoms with Gasteiger partial charge in [0.2, 0.25) is 5.09 Å². The van der Waals surface area contributed by atoms with E-state index in [-0.39, 0.29) is 24.3 Å². The van der Waals surface area contributed by atoms with Crippen molar-refractivity contribution in [3.05, 3.63) is 17.9 Å².